The van der Waals surface area contributed by atoms with Gasteiger partial charge < -0.3 is 4.74 Å². The van der Waals surface area contributed by atoms with E-state index in [1.54, 1.807) is 0 Å². The van der Waals surface area contributed by atoms with Crippen molar-refractivity contribution in [3.63, 3.8) is 0 Å². The van der Waals surface area contributed by atoms with Crippen molar-refractivity contribution in [1.29, 1.82) is 5.26 Å². The monoisotopic (exact) mass is 211 g/mol. The molecule has 0 aromatic carbocycles. The molecule has 0 aliphatic heterocycles. The average molecular weight is 211 g/mol. The molecule has 0 aliphatic rings. The number of rotatable bonds is 7. The second-order valence-electron chi connectivity index (χ2n) is 3.82. The first-order valence-electron chi connectivity index (χ1n) is 5.66. The molecule has 2 unspecified atom stereocenters. The Kier molecular flexibility index (Phi) is 7.71. The molecule has 0 saturated heterocycles. The van der Waals surface area contributed by atoms with Crippen LogP contribution in [0.25, 0.3) is 0 Å². The van der Waals surface area contributed by atoms with Gasteiger partial charge in [0.1, 0.15) is 0 Å². The number of ether oxygens (including phenoxy) is 1. The predicted molar refractivity (Wildman–Crippen MR) is 59.0 cm³/mol. The van der Waals surface area contributed by atoms with E-state index in [2.05, 4.69) is 13.0 Å². The molecular formula is C12H21NO2. The van der Waals surface area contributed by atoms with Gasteiger partial charge in [0, 0.05) is 5.92 Å². The van der Waals surface area contributed by atoms with E-state index < -0.39 is 0 Å². The molecule has 0 aromatic rings. The van der Waals surface area contributed by atoms with Crippen LogP contribution in [0.1, 0.15) is 46.0 Å². The first-order valence-corrected chi connectivity index (χ1v) is 5.66. The zero-order valence-corrected chi connectivity index (χ0v) is 9.95. The summed E-state index contributed by atoms with van der Waals surface area (Å²) in [6, 6.07) is 2.25. The molecule has 0 radical (unpaired) electrons. The summed E-state index contributed by atoms with van der Waals surface area (Å²) < 4.78 is 4.74. The van der Waals surface area contributed by atoms with Gasteiger partial charge >= 0.3 is 5.97 Å². The van der Waals surface area contributed by atoms with E-state index in [-0.39, 0.29) is 17.8 Å². The molecule has 0 aromatic heterocycles. The van der Waals surface area contributed by atoms with Crippen LogP contribution in [0.3, 0.4) is 0 Å². The fraction of sp³-hybridized carbons (Fsp3) is 0.833. The van der Waals surface area contributed by atoms with E-state index in [0.717, 1.165) is 32.1 Å². The van der Waals surface area contributed by atoms with Gasteiger partial charge in [-0.3, -0.25) is 4.79 Å². The fourth-order valence-corrected chi connectivity index (χ4v) is 1.66. The highest BCUT2D eigenvalue weighted by Crippen LogP contribution is 2.20. The number of nitrogens with zero attached hydrogens (tertiary/aromatic N) is 1. The van der Waals surface area contributed by atoms with Crippen LogP contribution in [-0.4, -0.2) is 13.1 Å². The van der Waals surface area contributed by atoms with Crippen molar-refractivity contribution in [2.45, 2.75) is 46.0 Å². The molecule has 0 heterocycles. The summed E-state index contributed by atoms with van der Waals surface area (Å²) >= 11 is 0. The van der Waals surface area contributed by atoms with Crippen LogP contribution in [0.5, 0.6) is 0 Å². The van der Waals surface area contributed by atoms with Crippen molar-refractivity contribution >= 4 is 5.97 Å². The Labute approximate surface area is 92.4 Å². The maximum Gasteiger partial charge on any atom is 0.308 e. The maximum atomic E-state index is 11.4. The highest BCUT2D eigenvalue weighted by atomic mass is 16.5. The van der Waals surface area contributed by atoms with E-state index in [1.807, 2.05) is 6.92 Å². The molecule has 0 spiro atoms. The zero-order valence-electron chi connectivity index (χ0n) is 9.95. The average Bonchev–Trinajstić information content (AvgIpc) is 2.27. The van der Waals surface area contributed by atoms with Crippen LogP contribution in [0, 0.1) is 23.2 Å². The van der Waals surface area contributed by atoms with E-state index in [9.17, 15) is 4.79 Å². The molecule has 0 rings (SSSR count). The van der Waals surface area contributed by atoms with E-state index in [4.69, 9.17) is 10.00 Å². The molecule has 3 heteroatoms. The third-order valence-electron chi connectivity index (χ3n) is 2.71. The Morgan fingerprint density at radius 3 is 2.40 bits per heavy atom. The maximum absolute atomic E-state index is 11.4. The van der Waals surface area contributed by atoms with Crippen LogP contribution in [0.4, 0.5) is 0 Å². The Balaban J connectivity index is 4.06. The third-order valence-corrected chi connectivity index (χ3v) is 2.71. The predicted octanol–water partition coefficient (Wildman–Crippen LogP) is 2.91. The van der Waals surface area contributed by atoms with E-state index in [0.29, 0.717) is 0 Å². The highest BCUT2D eigenvalue weighted by Gasteiger charge is 2.19. The van der Waals surface area contributed by atoms with Crippen LogP contribution in [0.2, 0.25) is 0 Å². The molecule has 0 fully saturated rings. The highest BCUT2D eigenvalue weighted by molar-refractivity contribution is 5.72. The van der Waals surface area contributed by atoms with Gasteiger partial charge in [-0.25, -0.2) is 0 Å². The van der Waals surface area contributed by atoms with Gasteiger partial charge in [0.15, 0.2) is 0 Å². The summed E-state index contributed by atoms with van der Waals surface area (Å²) in [6.07, 6.45) is 4.26. The number of nitriles is 1. The van der Waals surface area contributed by atoms with Crippen LogP contribution in [-0.2, 0) is 9.53 Å². The molecule has 86 valence electrons. The van der Waals surface area contributed by atoms with Gasteiger partial charge in [0.2, 0.25) is 0 Å². The van der Waals surface area contributed by atoms with Crippen molar-refractivity contribution in [2.75, 3.05) is 7.11 Å². The molecule has 15 heavy (non-hydrogen) atoms. The second-order valence-corrected chi connectivity index (χ2v) is 3.82. The Bertz CT molecular complexity index is 220. The summed E-state index contributed by atoms with van der Waals surface area (Å²) in [5, 5.41) is 8.80. The number of carbonyl (C=O) groups excluding carboxylic acids is 1. The Morgan fingerprint density at radius 2 is 2.00 bits per heavy atom. The number of carbonyl (C=O) groups is 1. The van der Waals surface area contributed by atoms with Gasteiger partial charge in [-0.15, -0.1) is 0 Å². The van der Waals surface area contributed by atoms with Crippen LogP contribution >= 0.6 is 0 Å². The van der Waals surface area contributed by atoms with E-state index >= 15 is 0 Å². The molecule has 0 amide bonds. The first kappa shape index (κ1) is 14.0. The molecule has 0 saturated carbocycles. The lowest BCUT2D eigenvalue weighted by Crippen LogP contribution is -2.17. The normalized spacial score (nSPS) is 14.0. The molecule has 3 nitrogen and oxygen atoms in total. The number of esters is 1. The van der Waals surface area contributed by atoms with Crippen molar-refractivity contribution in [3.8, 4) is 6.07 Å². The van der Waals surface area contributed by atoms with Gasteiger partial charge in [-0.2, -0.15) is 5.26 Å². The second kappa shape index (κ2) is 8.28. The van der Waals surface area contributed by atoms with E-state index in [1.165, 1.54) is 7.11 Å². The molecular weight excluding hydrogens is 190 g/mol. The zero-order chi connectivity index (χ0) is 11.7. The molecule has 2 atom stereocenters. The summed E-state index contributed by atoms with van der Waals surface area (Å²) in [6.45, 7) is 4.05. The minimum atomic E-state index is -0.135. The largest absolute Gasteiger partial charge is 0.469 e. The van der Waals surface area contributed by atoms with Gasteiger partial charge in [0.25, 0.3) is 0 Å². The number of hydrogen-bond donors (Lipinski definition) is 0. The number of methoxy groups -OCH3 is 1. The lowest BCUT2D eigenvalue weighted by molar-refractivity contribution is -0.146. The van der Waals surface area contributed by atoms with Crippen molar-refractivity contribution < 1.29 is 9.53 Å². The summed E-state index contributed by atoms with van der Waals surface area (Å²) in [4.78, 5) is 11.4. The SMILES string of the molecule is CCCC(CCC(C#N)CC)C(=O)OC. The molecule has 0 bridgehead atoms. The van der Waals surface area contributed by atoms with Crippen molar-refractivity contribution in [1.82, 2.24) is 0 Å². The summed E-state index contributed by atoms with van der Waals surface area (Å²) in [5.74, 6) is -0.0824. The molecule has 0 N–H and O–H groups in total. The summed E-state index contributed by atoms with van der Waals surface area (Å²) in [5.41, 5.74) is 0. The van der Waals surface area contributed by atoms with Crippen LogP contribution < -0.4 is 0 Å². The Hall–Kier alpha value is -1.04. The van der Waals surface area contributed by atoms with Gasteiger partial charge in [0.05, 0.1) is 19.1 Å². The lowest BCUT2D eigenvalue weighted by Gasteiger charge is -2.14. The smallest absolute Gasteiger partial charge is 0.308 e. The van der Waals surface area contributed by atoms with Crippen LogP contribution in [0.15, 0.2) is 0 Å². The first-order chi connectivity index (χ1) is 7.19. The lowest BCUT2D eigenvalue weighted by atomic mass is 9.92. The fourth-order valence-electron chi connectivity index (χ4n) is 1.66. The third kappa shape index (κ3) is 5.41. The Morgan fingerprint density at radius 1 is 1.33 bits per heavy atom. The molecule has 0 aliphatic carbocycles. The van der Waals surface area contributed by atoms with Crippen molar-refractivity contribution in [3.05, 3.63) is 0 Å². The number of hydrogen-bond acceptors (Lipinski definition) is 3. The minimum absolute atomic E-state index is 0.0256. The standard InChI is InChI=1S/C12H21NO2/c1-4-6-11(12(14)15-3)8-7-10(5-2)9-13/h10-11H,4-8H2,1-3H3. The van der Waals surface area contributed by atoms with Gasteiger partial charge in [-0.1, -0.05) is 20.3 Å². The minimum Gasteiger partial charge on any atom is -0.469 e. The van der Waals surface area contributed by atoms with Crippen molar-refractivity contribution in [2.24, 2.45) is 11.8 Å². The topological polar surface area (TPSA) is 50.1 Å². The summed E-state index contributed by atoms with van der Waals surface area (Å²) in [7, 11) is 1.42. The van der Waals surface area contributed by atoms with Gasteiger partial charge in [-0.05, 0) is 25.7 Å². The quantitative estimate of drug-likeness (QED) is 0.608.